The van der Waals surface area contributed by atoms with Crippen LogP contribution in [0.4, 0.5) is 5.69 Å². The Labute approximate surface area is 137 Å². The van der Waals surface area contributed by atoms with Gasteiger partial charge >= 0.3 is 0 Å². The van der Waals surface area contributed by atoms with Gasteiger partial charge in [0.05, 0.1) is 7.11 Å². The Hall–Kier alpha value is -1.82. The van der Waals surface area contributed by atoms with E-state index in [-0.39, 0.29) is 5.91 Å². The molecule has 0 saturated carbocycles. The summed E-state index contributed by atoms with van der Waals surface area (Å²) in [6.45, 7) is 6.79. The molecular formula is C16H23N3O2S. The number of anilines is 1. The van der Waals surface area contributed by atoms with Crippen LogP contribution in [-0.4, -0.2) is 54.1 Å². The molecule has 1 heterocycles. The molecule has 0 spiro atoms. The maximum absolute atomic E-state index is 11.5. The first-order valence-corrected chi connectivity index (χ1v) is 7.88. The average Bonchev–Trinajstić information content (AvgIpc) is 2.75. The molecule has 1 saturated heterocycles. The minimum Gasteiger partial charge on any atom is -0.497 e. The zero-order valence-electron chi connectivity index (χ0n) is 13.4. The summed E-state index contributed by atoms with van der Waals surface area (Å²) in [4.78, 5) is 15.5. The van der Waals surface area contributed by atoms with Gasteiger partial charge in [-0.15, -0.1) is 0 Å². The van der Waals surface area contributed by atoms with Gasteiger partial charge in [-0.1, -0.05) is 0 Å². The molecule has 5 nitrogen and oxygen atoms in total. The highest BCUT2D eigenvalue weighted by Gasteiger charge is 2.18. The highest BCUT2D eigenvalue weighted by molar-refractivity contribution is 7.80. The molecule has 1 N–H and O–H groups in total. The third-order valence-corrected chi connectivity index (χ3v) is 4.26. The molecular weight excluding hydrogens is 298 g/mol. The number of hydrogen-bond acceptors (Lipinski definition) is 3. The molecule has 2 rings (SSSR count). The number of benzene rings is 1. The number of carbonyl (C=O) groups is 1. The zero-order valence-corrected chi connectivity index (χ0v) is 14.2. The summed E-state index contributed by atoms with van der Waals surface area (Å²) in [5, 5.41) is 4.01. The minimum atomic E-state index is 0.131. The highest BCUT2D eigenvalue weighted by Crippen LogP contribution is 2.21. The van der Waals surface area contributed by atoms with Crippen molar-refractivity contribution in [2.45, 2.75) is 20.3 Å². The van der Waals surface area contributed by atoms with Gasteiger partial charge in [0.25, 0.3) is 0 Å². The Morgan fingerprint density at radius 1 is 1.23 bits per heavy atom. The maximum Gasteiger partial charge on any atom is 0.219 e. The smallest absolute Gasteiger partial charge is 0.219 e. The SMILES string of the molecule is COc1ccc(NC(=S)N2CCCN(C(C)=O)CC2)c(C)c1. The van der Waals surface area contributed by atoms with Crippen molar-refractivity contribution < 1.29 is 9.53 Å². The van der Waals surface area contributed by atoms with Gasteiger partial charge in [-0.3, -0.25) is 4.79 Å². The number of ether oxygens (including phenoxy) is 1. The van der Waals surface area contributed by atoms with Crippen molar-refractivity contribution >= 4 is 28.9 Å². The first-order chi connectivity index (χ1) is 10.5. The number of carbonyl (C=O) groups excluding carboxylic acids is 1. The van der Waals surface area contributed by atoms with E-state index in [2.05, 4.69) is 10.2 Å². The molecule has 1 aliphatic rings. The fourth-order valence-electron chi connectivity index (χ4n) is 2.53. The molecule has 0 aliphatic carbocycles. The number of amides is 1. The lowest BCUT2D eigenvalue weighted by atomic mass is 10.2. The molecule has 0 atom stereocenters. The van der Waals surface area contributed by atoms with Gasteiger partial charge in [0.2, 0.25) is 5.91 Å². The van der Waals surface area contributed by atoms with Crippen molar-refractivity contribution in [2.24, 2.45) is 0 Å². The molecule has 6 heteroatoms. The Kier molecular flexibility index (Phi) is 5.60. The number of rotatable bonds is 2. The van der Waals surface area contributed by atoms with E-state index in [4.69, 9.17) is 17.0 Å². The van der Waals surface area contributed by atoms with Gasteiger partial charge in [-0.2, -0.15) is 0 Å². The second-order valence-electron chi connectivity index (χ2n) is 5.46. The van der Waals surface area contributed by atoms with E-state index in [9.17, 15) is 4.79 Å². The number of nitrogens with zero attached hydrogens (tertiary/aromatic N) is 2. The van der Waals surface area contributed by atoms with Crippen LogP contribution in [0.25, 0.3) is 0 Å². The summed E-state index contributed by atoms with van der Waals surface area (Å²) < 4.78 is 5.21. The van der Waals surface area contributed by atoms with E-state index in [1.807, 2.05) is 30.0 Å². The van der Waals surface area contributed by atoms with E-state index in [0.29, 0.717) is 5.11 Å². The van der Waals surface area contributed by atoms with Crippen molar-refractivity contribution in [3.05, 3.63) is 23.8 Å². The minimum absolute atomic E-state index is 0.131. The van der Waals surface area contributed by atoms with Crippen LogP contribution in [0.2, 0.25) is 0 Å². The summed E-state index contributed by atoms with van der Waals surface area (Å²) >= 11 is 5.52. The van der Waals surface area contributed by atoms with E-state index in [1.165, 1.54) is 0 Å². The van der Waals surface area contributed by atoms with Gasteiger partial charge in [0.15, 0.2) is 5.11 Å². The standard InChI is InChI=1S/C16H23N3O2S/c1-12-11-14(21-3)5-6-15(12)17-16(22)19-8-4-7-18(9-10-19)13(2)20/h5-6,11H,4,7-10H2,1-3H3,(H,17,22). The van der Waals surface area contributed by atoms with Crippen LogP contribution in [0.15, 0.2) is 18.2 Å². The van der Waals surface area contributed by atoms with E-state index >= 15 is 0 Å². The van der Waals surface area contributed by atoms with Gasteiger partial charge in [-0.05, 0) is 49.3 Å². The Morgan fingerprint density at radius 3 is 2.55 bits per heavy atom. The molecule has 22 heavy (non-hydrogen) atoms. The fourth-order valence-corrected chi connectivity index (χ4v) is 2.83. The van der Waals surface area contributed by atoms with Crippen molar-refractivity contribution in [3.63, 3.8) is 0 Å². The number of thiocarbonyl (C=S) groups is 1. The maximum atomic E-state index is 11.5. The first kappa shape index (κ1) is 16.5. The van der Waals surface area contributed by atoms with Crippen LogP contribution in [0.5, 0.6) is 5.75 Å². The summed E-state index contributed by atoms with van der Waals surface area (Å²) in [5.41, 5.74) is 2.07. The second-order valence-corrected chi connectivity index (χ2v) is 5.84. The summed E-state index contributed by atoms with van der Waals surface area (Å²) in [6, 6.07) is 5.86. The molecule has 1 amide bonds. The monoisotopic (exact) mass is 321 g/mol. The van der Waals surface area contributed by atoms with Crippen LogP contribution in [0.3, 0.4) is 0 Å². The largest absolute Gasteiger partial charge is 0.497 e. The third kappa shape index (κ3) is 4.10. The summed E-state index contributed by atoms with van der Waals surface area (Å²) in [5.74, 6) is 0.965. The van der Waals surface area contributed by atoms with Crippen molar-refractivity contribution in [1.29, 1.82) is 0 Å². The predicted octanol–water partition coefficient (Wildman–Crippen LogP) is 2.25. The molecule has 1 aromatic carbocycles. The number of hydrogen-bond donors (Lipinski definition) is 1. The van der Waals surface area contributed by atoms with E-state index in [0.717, 1.165) is 49.6 Å². The van der Waals surface area contributed by atoms with Crippen LogP contribution in [-0.2, 0) is 4.79 Å². The van der Waals surface area contributed by atoms with Crippen molar-refractivity contribution in [2.75, 3.05) is 38.6 Å². The lowest BCUT2D eigenvalue weighted by Gasteiger charge is -2.25. The Bertz CT molecular complexity index is 562. The van der Waals surface area contributed by atoms with E-state index in [1.54, 1.807) is 14.0 Å². The highest BCUT2D eigenvalue weighted by atomic mass is 32.1. The molecule has 1 aliphatic heterocycles. The second kappa shape index (κ2) is 7.45. The van der Waals surface area contributed by atoms with Gasteiger partial charge in [-0.25, -0.2) is 0 Å². The third-order valence-electron chi connectivity index (χ3n) is 3.90. The Morgan fingerprint density at radius 2 is 1.91 bits per heavy atom. The van der Waals surface area contributed by atoms with Crippen LogP contribution in [0.1, 0.15) is 18.9 Å². The van der Waals surface area contributed by atoms with Crippen molar-refractivity contribution in [1.82, 2.24) is 9.80 Å². The quantitative estimate of drug-likeness (QED) is 0.847. The predicted molar refractivity (Wildman–Crippen MR) is 92.4 cm³/mol. The average molecular weight is 321 g/mol. The first-order valence-electron chi connectivity index (χ1n) is 7.47. The molecule has 1 fully saturated rings. The molecule has 120 valence electrons. The molecule has 1 aromatic rings. The lowest BCUT2D eigenvalue weighted by Crippen LogP contribution is -2.38. The number of aryl methyl sites for hydroxylation is 1. The topological polar surface area (TPSA) is 44.8 Å². The zero-order chi connectivity index (χ0) is 16.1. The van der Waals surface area contributed by atoms with Gasteiger partial charge in [0.1, 0.15) is 5.75 Å². The van der Waals surface area contributed by atoms with E-state index < -0.39 is 0 Å². The molecule has 0 unspecified atom stereocenters. The molecule has 0 radical (unpaired) electrons. The van der Waals surface area contributed by atoms with Gasteiger partial charge in [0, 0.05) is 38.8 Å². The van der Waals surface area contributed by atoms with Crippen molar-refractivity contribution in [3.8, 4) is 5.75 Å². The van der Waals surface area contributed by atoms with Gasteiger partial charge < -0.3 is 19.9 Å². The fraction of sp³-hybridized carbons (Fsp3) is 0.500. The summed E-state index contributed by atoms with van der Waals surface area (Å²) in [6.07, 6.45) is 0.934. The number of nitrogens with one attached hydrogen (secondary N) is 1. The summed E-state index contributed by atoms with van der Waals surface area (Å²) in [7, 11) is 1.66. The molecule has 0 aromatic heterocycles. The number of methoxy groups -OCH3 is 1. The van der Waals surface area contributed by atoms with Crippen LogP contribution in [0, 0.1) is 6.92 Å². The molecule has 0 bridgehead atoms. The Balaban J connectivity index is 1.98. The van der Waals surface area contributed by atoms with Crippen LogP contribution >= 0.6 is 12.2 Å². The normalized spacial score (nSPS) is 15.2. The lowest BCUT2D eigenvalue weighted by molar-refractivity contribution is -0.128. The van der Waals surface area contributed by atoms with Crippen LogP contribution < -0.4 is 10.1 Å².